The number of methoxy groups -OCH3 is 2. The number of benzene rings is 1. The number of anilines is 1. The summed E-state index contributed by atoms with van der Waals surface area (Å²) >= 11 is 0.710. The summed E-state index contributed by atoms with van der Waals surface area (Å²) < 4.78 is 48.6. The fourth-order valence-electron chi connectivity index (χ4n) is 2.34. The van der Waals surface area contributed by atoms with E-state index < -0.39 is 35.1 Å². The van der Waals surface area contributed by atoms with Gasteiger partial charge < -0.3 is 14.8 Å². The first-order valence-corrected chi connectivity index (χ1v) is 8.21. The zero-order chi connectivity index (χ0) is 20.4. The highest BCUT2D eigenvalue weighted by Gasteiger charge is 2.35. The Bertz CT molecular complexity index is 904. The topological polar surface area (TPSA) is 81.7 Å². The van der Waals surface area contributed by atoms with E-state index in [1.54, 1.807) is 0 Å². The van der Waals surface area contributed by atoms with Gasteiger partial charge in [-0.25, -0.2) is 9.59 Å². The molecule has 0 aliphatic carbocycles. The molecule has 0 bridgehead atoms. The van der Waals surface area contributed by atoms with Crippen molar-refractivity contribution in [2.45, 2.75) is 13.1 Å². The molecule has 0 radical (unpaired) electrons. The van der Waals surface area contributed by atoms with E-state index in [1.807, 2.05) is 0 Å². The minimum Gasteiger partial charge on any atom is -0.465 e. The predicted molar refractivity (Wildman–Crippen MR) is 91.1 cm³/mol. The summed E-state index contributed by atoms with van der Waals surface area (Å²) in [5.74, 6) is -2.68. The van der Waals surface area contributed by atoms with Crippen LogP contribution < -0.4 is 5.32 Å². The molecule has 0 spiro atoms. The van der Waals surface area contributed by atoms with Crippen LogP contribution in [0, 0.1) is 6.92 Å². The van der Waals surface area contributed by atoms with Crippen molar-refractivity contribution in [3.63, 3.8) is 0 Å². The van der Waals surface area contributed by atoms with E-state index in [1.165, 1.54) is 13.0 Å². The van der Waals surface area contributed by atoms with Gasteiger partial charge >= 0.3 is 18.1 Å². The van der Waals surface area contributed by atoms with Crippen LogP contribution in [0.1, 0.15) is 41.5 Å². The number of ether oxygens (including phenoxy) is 2. The van der Waals surface area contributed by atoms with Crippen LogP contribution in [0.2, 0.25) is 0 Å². The normalized spacial score (nSPS) is 11.0. The number of hydrogen-bond donors (Lipinski definition) is 1. The Morgan fingerprint density at radius 1 is 1.04 bits per heavy atom. The van der Waals surface area contributed by atoms with Crippen molar-refractivity contribution in [2.75, 3.05) is 19.5 Å². The van der Waals surface area contributed by atoms with Crippen LogP contribution in [0.3, 0.4) is 0 Å². The Kier molecular flexibility index (Phi) is 5.89. The molecule has 1 heterocycles. The highest BCUT2D eigenvalue weighted by molar-refractivity contribution is 7.18. The van der Waals surface area contributed by atoms with Crippen molar-refractivity contribution >= 4 is 34.2 Å². The molecule has 6 nitrogen and oxygen atoms in total. The van der Waals surface area contributed by atoms with Gasteiger partial charge in [-0.3, -0.25) is 4.79 Å². The Hall–Kier alpha value is -2.88. The zero-order valence-corrected chi connectivity index (χ0v) is 15.2. The third-order valence-corrected chi connectivity index (χ3v) is 4.80. The monoisotopic (exact) mass is 401 g/mol. The molecular formula is C17H14F3NO5S. The quantitative estimate of drug-likeness (QED) is 0.786. The van der Waals surface area contributed by atoms with E-state index >= 15 is 0 Å². The van der Waals surface area contributed by atoms with E-state index in [9.17, 15) is 27.6 Å². The number of carbonyl (C=O) groups excluding carboxylic acids is 3. The highest BCUT2D eigenvalue weighted by atomic mass is 32.1. The molecule has 1 amide bonds. The summed E-state index contributed by atoms with van der Waals surface area (Å²) in [6, 6.07) is 4.22. The van der Waals surface area contributed by atoms with Gasteiger partial charge in [-0.2, -0.15) is 13.2 Å². The molecule has 2 aromatic rings. The third kappa shape index (κ3) is 4.11. The second-order valence-electron chi connectivity index (χ2n) is 5.24. The molecule has 1 aromatic heterocycles. The van der Waals surface area contributed by atoms with Gasteiger partial charge in [0, 0.05) is 0 Å². The van der Waals surface area contributed by atoms with Gasteiger partial charge in [-0.15, -0.1) is 11.3 Å². The van der Waals surface area contributed by atoms with E-state index in [0.717, 1.165) is 32.4 Å². The number of alkyl halides is 3. The summed E-state index contributed by atoms with van der Waals surface area (Å²) in [5, 5.41) is 2.16. The lowest BCUT2D eigenvalue weighted by Crippen LogP contribution is -2.19. The van der Waals surface area contributed by atoms with Crippen LogP contribution in [0.15, 0.2) is 24.3 Å². The minimum atomic E-state index is -4.73. The lowest BCUT2D eigenvalue weighted by Gasteiger charge is -2.12. The first kappa shape index (κ1) is 20.4. The van der Waals surface area contributed by atoms with Crippen molar-refractivity contribution < 1.29 is 37.0 Å². The van der Waals surface area contributed by atoms with E-state index in [4.69, 9.17) is 0 Å². The van der Waals surface area contributed by atoms with Gasteiger partial charge in [-0.05, 0) is 24.6 Å². The van der Waals surface area contributed by atoms with Gasteiger partial charge in [0.15, 0.2) is 0 Å². The van der Waals surface area contributed by atoms with Crippen LogP contribution >= 0.6 is 11.3 Å². The van der Waals surface area contributed by atoms with Crippen molar-refractivity contribution in [2.24, 2.45) is 0 Å². The first-order chi connectivity index (χ1) is 12.6. The molecule has 2 rings (SSSR count). The number of carbonyl (C=O) groups is 3. The summed E-state index contributed by atoms with van der Waals surface area (Å²) in [4.78, 5) is 36.3. The Balaban J connectivity index is 2.50. The maximum Gasteiger partial charge on any atom is 0.417 e. The fourth-order valence-corrected chi connectivity index (χ4v) is 3.44. The molecule has 0 saturated carbocycles. The van der Waals surface area contributed by atoms with Crippen LogP contribution in [0.25, 0.3) is 0 Å². The lowest BCUT2D eigenvalue weighted by molar-refractivity contribution is -0.137. The number of nitrogens with one attached hydrogen (secondary N) is 1. The molecule has 0 aliphatic heterocycles. The van der Waals surface area contributed by atoms with Crippen molar-refractivity contribution in [3.05, 3.63) is 51.4 Å². The smallest absolute Gasteiger partial charge is 0.417 e. The van der Waals surface area contributed by atoms with Crippen molar-refractivity contribution in [1.29, 1.82) is 0 Å². The Morgan fingerprint density at radius 3 is 2.19 bits per heavy atom. The average molecular weight is 401 g/mol. The summed E-state index contributed by atoms with van der Waals surface area (Å²) in [6.07, 6.45) is -4.73. The molecule has 10 heteroatoms. The predicted octanol–water partition coefficient (Wildman–Crippen LogP) is 3.90. The number of rotatable bonds is 4. The summed E-state index contributed by atoms with van der Waals surface area (Å²) in [7, 11) is 2.24. The van der Waals surface area contributed by atoms with Crippen LogP contribution in [-0.4, -0.2) is 32.1 Å². The minimum absolute atomic E-state index is 0.0253. The molecule has 1 N–H and O–H groups in total. The second-order valence-corrected chi connectivity index (χ2v) is 6.26. The maximum absolute atomic E-state index is 13.1. The number of thiophene rings is 1. The van der Waals surface area contributed by atoms with Crippen molar-refractivity contribution in [1.82, 2.24) is 0 Å². The van der Waals surface area contributed by atoms with Gasteiger partial charge in [0.1, 0.15) is 9.88 Å². The summed E-state index contributed by atoms with van der Waals surface area (Å²) in [6.45, 7) is 1.44. The second kappa shape index (κ2) is 7.78. The van der Waals surface area contributed by atoms with Gasteiger partial charge in [-0.1, -0.05) is 12.1 Å². The largest absolute Gasteiger partial charge is 0.465 e. The Labute approximate surface area is 155 Å². The maximum atomic E-state index is 13.1. The van der Waals surface area contributed by atoms with E-state index in [0.29, 0.717) is 11.3 Å². The number of amides is 1. The fraction of sp³-hybridized carbons (Fsp3) is 0.235. The van der Waals surface area contributed by atoms with Gasteiger partial charge in [0.2, 0.25) is 0 Å². The molecular weight excluding hydrogens is 387 g/mol. The summed E-state index contributed by atoms with van der Waals surface area (Å²) in [5.41, 5.74) is -1.67. The molecule has 0 atom stereocenters. The standard InChI is InChI=1S/C17H14F3NO5S/c1-8-11(15(23)25-2)14(27-12(8)16(24)26-3)21-13(22)9-6-4-5-7-10(9)17(18,19)20/h4-7H,1-3H3,(H,21,22). The van der Waals surface area contributed by atoms with Crippen LogP contribution in [0.5, 0.6) is 0 Å². The number of esters is 2. The van der Waals surface area contributed by atoms with Gasteiger partial charge in [0.25, 0.3) is 5.91 Å². The van der Waals surface area contributed by atoms with Crippen LogP contribution in [0.4, 0.5) is 18.2 Å². The molecule has 0 fully saturated rings. The highest BCUT2D eigenvalue weighted by Crippen LogP contribution is 2.36. The van der Waals surface area contributed by atoms with E-state index in [-0.39, 0.29) is 21.0 Å². The SMILES string of the molecule is COC(=O)c1sc(NC(=O)c2ccccc2C(F)(F)F)c(C(=O)OC)c1C. The number of halogens is 3. The van der Waals surface area contributed by atoms with Crippen molar-refractivity contribution in [3.8, 4) is 0 Å². The van der Waals surface area contributed by atoms with E-state index in [2.05, 4.69) is 14.8 Å². The first-order valence-electron chi connectivity index (χ1n) is 7.39. The molecule has 1 aromatic carbocycles. The molecule has 27 heavy (non-hydrogen) atoms. The zero-order valence-electron chi connectivity index (χ0n) is 14.4. The molecule has 0 saturated heterocycles. The van der Waals surface area contributed by atoms with Crippen LogP contribution in [-0.2, 0) is 15.7 Å². The molecule has 144 valence electrons. The number of hydrogen-bond acceptors (Lipinski definition) is 6. The molecule has 0 aliphatic rings. The molecule has 0 unspecified atom stereocenters. The van der Waals surface area contributed by atoms with Gasteiger partial charge in [0.05, 0.1) is 30.9 Å². The third-order valence-electron chi connectivity index (χ3n) is 3.61. The Morgan fingerprint density at radius 2 is 1.63 bits per heavy atom. The average Bonchev–Trinajstić information content (AvgIpc) is 2.95. The lowest BCUT2D eigenvalue weighted by atomic mass is 10.1.